The molecular weight excluding hydrogens is 250 g/mol. The molecule has 0 bridgehead atoms. The molecule has 1 saturated carbocycles. The molecule has 3 nitrogen and oxygen atoms in total. The Morgan fingerprint density at radius 2 is 2.05 bits per heavy atom. The molecule has 0 spiro atoms. The number of alkyl halides is 2. The minimum atomic E-state index is -2.59. The van der Waals surface area contributed by atoms with Crippen LogP contribution in [0.15, 0.2) is 24.3 Å². The minimum absolute atomic E-state index is 0.141. The molecule has 0 aliphatic heterocycles. The number of halogens is 2. The summed E-state index contributed by atoms with van der Waals surface area (Å²) in [4.78, 5) is 11.9. The summed E-state index contributed by atoms with van der Waals surface area (Å²) >= 11 is 0. The first-order chi connectivity index (χ1) is 8.96. The Bertz CT molecular complexity index is 453. The van der Waals surface area contributed by atoms with Gasteiger partial charge < -0.3 is 11.1 Å². The number of nitrogens with two attached hydrogens (primary N) is 1. The molecule has 19 heavy (non-hydrogen) atoms. The minimum Gasteiger partial charge on any atom is -0.399 e. The van der Waals surface area contributed by atoms with Gasteiger partial charge in [-0.25, -0.2) is 8.78 Å². The highest BCUT2D eigenvalue weighted by Crippen LogP contribution is 2.36. The van der Waals surface area contributed by atoms with Crippen LogP contribution in [-0.2, 0) is 11.3 Å². The van der Waals surface area contributed by atoms with Gasteiger partial charge in [-0.05, 0) is 30.5 Å². The zero-order chi connectivity index (χ0) is 13.9. The van der Waals surface area contributed by atoms with E-state index in [1.54, 1.807) is 12.1 Å². The molecule has 3 N–H and O–H groups in total. The quantitative estimate of drug-likeness (QED) is 0.828. The SMILES string of the molecule is Nc1cccc(CNC(=O)C2CCC(F)(F)CC2)c1. The molecule has 104 valence electrons. The molecule has 1 aromatic rings. The lowest BCUT2D eigenvalue weighted by atomic mass is 9.86. The van der Waals surface area contributed by atoms with Crippen LogP contribution in [0.2, 0.25) is 0 Å². The Kier molecular flexibility index (Phi) is 4.02. The Labute approximate surface area is 111 Å². The third-order valence-electron chi connectivity index (χ3n) is 3.51. The predicted octanol–water partition coefficient (Wildman–Crippen LogP) is 2.71. The van der Waals surface area contributed by atoms with Crippen molar-refractivity contribution in [3.05, 3.63) is 29.8 Å². The summed E-state index contributed by atoms with van der Waals surface area (Å²) in [5, 5.41) is 2.78. The number of hydrogen-bond acceptors (Lipinski definition) is 2. The van der Waals surface area contributed by atoms with Gasteiger partial charge in [0.1, 0.15) is 0 Å². The lowest BCUT2D eigenvalue weighted by molar-refractivity contribution is -0.129. The molecule has 0 unspecified atom stereocenters. The number of rotatable bonds is 3. The van der Waals surface area contributed by atoms with E-state index in [4.69, 9.17) is 5.73 Å². The number of carbonyl (C=O) groups excluding carboxylic acids is 1. The van der Waals surface area contributed by atoms with Crippen molar-refractivity contribution in [1.82, 2.24) is 5.32 Å². The number of nitrogen functional groups attached to an aromatic ring is 1. The van der Waals surface area contributed by atoms with Gasteiger partial charge in [-0.3, -0.25) is 4.79 Å². The van der Waals surface area contributed by atoms with E-state index >= 15 is 0 Å². The van der Waals surface area contributed by atoms with Crippen LogP contribution in [0.25, 0.3) is 0 Å². The van der Waals surface area contributed by atoms with E-state index in [0.717, 1.165) is 5.56 Å². The van der Waals surface area contributed by atoms with E-state index < -0.39 is 5.92 Å². The first kappa shape index (κ1) is 13.8. The van der Waals surface area contributed by atoms with E-state index in [0.29, 0.717) is 12.2 Å². The van der Waals surface area contributed by atoms with E-state index in [1.165, 1.54) is 0 Å². The van der Waals surface area contributed by atoms with Gasteiger partial charge in [0.25, 0.3) is 0 Å². The summed E-state index contributed by atoms with van der Waals surface area (Å²) in [6.07, 6.45) is 0.137. The highest BCUT2D eigenvalue weighted by molar-refractivity contribution is 5.78. The first-order valence-corrected chi connectivity index (χ1v) is 6.46. The van der Waals surface area contributed by atoms with Crippen LogP contribution in [0.4, 0.5) is 14.5 Å². The molecular formula is C14H18F2N2O. The predicted molar refractivity (Wildman–Crippen MR) is 69.6 cm³/mol. The van der Waals surface area contributed by atoms with Crippen LogP contribution in [0.1, 0.15) is 31.2 Å². The highest BCUT2D eigenvalue weighted by Gasteiger charge is 2.37. The van der Waals surface area contributed by atoms with Gasteiger partial charge >= 0.3 is 0 Å². The monoisotopic (exact) mass is 268 g/mol. The molecule has 0 saturated heterocycles. The van der Waals surface area contributed by atoms with Gasteiger partial charge in [-0.2, -0.15) is 0 Å². The average Bonchev–Trinajstić information content (AvgIpc) is 2.36. The maximum absolute atomic E-state index is 13.0. The average molecular weight is 268 g/mol. The molecule has 0 heterocycles. The fourth-order valence-electron chi connectivity index (χ4n) is 2.34. The van der Waals surface area contributed by atoms with E-state index in [1.807, 2.05) is 12.1 Å². The Morgan fingerprint density at radius 1 is 1.37 bits per heavy atom. The molecule has 2 rings (SSSR count). The molecule has 0 aromatic heterocycles. The zero-order valence-electron chi connectivity index (χ0n) is 10.7. The summed E-state index contributed by atoms with van der Waals surface area (Å²) in [5.74, 6) is -3.02. The van der Waals surface area contributed by atoms with Crippen molar-refractivity contribution >= 4 is 11.6 Å². The number of amides is 1. The number of carbonyl (C=O) groups is 1. The number of hydrogen-bond donors (Lipinski definition) is 2. The van der Waals surface area contributed by atoms with Crippen molar-refractivity contribution < 1.29 is 13.6 Å². The normalized spacial score (nSPS) is 19.1. The van der Waals surface area contributed by atoms with Crippen LogP contribution in [0.3, 0.4) is 0 Å². The molecule has 0 radical (unpaired) electrons. The van der Waals surface area contributed by atoms with Crippen molar-refractivity contribution in [1.29, 1.82) is 0 Å². The summed E-state index contributed by atoms with van der Waals surface area (Å²) < 4.78 is 26.0. The largest absolute Gasteiger partial charge is 0.399 e. The molecule has 1 aromatic carbocycles. The first-order valence-electron chi connectivity index (χ1n) is 6.46. The van der Waals surface area contributed by atoms with Crippen LogP contribution in [-0.4, -0.2) is 11.8 Å². The highest BCUT2D eigenvalue weighted by atomic mass is 19.3. The van der Waals surface area contributed by atoms with Crippen LogP contribution in [0, 0.1) is 5.92 Å². The zero-order valence-corrected chi connectivity index (χ0v) is 10.7. The third kappa shape index (κ3) is 3.91. The van der Waals surface area contributed by atoms with E-state index in [9.17, 15) is 13.6 Å². The molecule has 1 aliphatic rings. The molecule has 1 aliphatic carbocycles. The summed E-state index contributed by atoms with van der Waals surface area (Å²) in [6, 6.07) is 7.24. The Balaban J connectivity index is 1.82. The molecule has 0 atom stereocenters. The van der Waals surface area contributed by atoms with Gasteiger partial charge in [0.2, 0.25) is 11.8 Å². The summed E-state index contributed by atoms with van der Waals surface area (Å²) in [7, 11) is 0. The second kappa shape index (κ2) is 5.55. The molecule has 1 fully saturated rings. The van der Waals surface area contributed by atoms with Gasteiger partial charge in [-0.1, -0.05) is 12.1 Å². The summed E-state index contributed by atoms with van der Waals surface area (Å²) in [5.41, 5.74) is 7.20. The van der Waals surface area contributed by atoms with Crippen molar-refractivity contribution in [3.8, 4) is 0 Å². The van der Waals surface area contributed by atoms with Crippen LogP contribution >= 0.6 is 0 Å². The van der Waals surface area contributed by atoms with Crippen LogP contribution in [0.5, 0.6) is 0 Å². The Morgan fingerprint density at radius 3 is 2.68 bits per heavy atom. The van der Waals surface area contributed by atoms with Gasteiger partial charge in [0.05, 0.1) is 0 Å². The van der Waals surface area contributed by atoms with Crippen LogP contribution < -0.4 is 11.1 Å². The van der Waals surface area contributed by atoms with Gasteiger partial charge in [-0.15, -0.1) is 0 Å². The standard InChI is InChI=1S/C14H18F2N2O/c15-14(16)6-4-11(5-7-14)13(19)18-9-10-2-1-3-12(17)8-10/h1-3,8,11H,4-7,9,17H2,(H,18,19). The molecule has 5 heteroatoms. The third-order valence-corrected chi connectivity index (χ3v) is 3.51. The van der Waals surface area contributed by atoms with E-state index in [2.05, 4.69) is 5.32 Å². The maximum Gasteiger partial charge on any atom is 0.248 e. The van der Waals surface area contributed by atoms with Crippen molar-refractivity contribution in [2.75, 3.05) is 5.73 Å². The number of nitrogens with one attached hydrogen (secondary N) is 1. The fourth-order valence-corrected chi connectivity index (χ4v) is 2.34. The summed E-state index contributed by atoms with van der Waals surface area (Å²) in [6.45, 7) is 0.386. The second-order valence-corrected chi connectivity index (χ2v) is 5.09. The lowest BCUT2D eigenvalue weighted by Crippen LogP contribution is -2.35. The second-order valence-electron chi connectivity index (χ2n) is 5.09. The lowest BCUT2D eigenvalue weighted by Gasteiger charge is -2.27. The van der Waals surface area contributed by atoms with Gasteiger partial charge in [0.15, 0.2) is 0 Å². The topological polar surface area (TPSA) is 55.1 Å². The molecule has 1 amide bonds. The smallest absolute Gasteiger partial charge is 0.248 e. The van der Waals surface area contributed by atoms with E-state index in [-0.39, 0.29) is 37.5 Å². The van der Waals surface area contributed by atoms with Crippen molar-refractivity contribution in [2.24, 2.45) is 5.92 Å². The number of benzene rings is 1. The number of anilines is 1. The van der Waals surface area contributed by atoms with Crippen molar-refractivity contribution in [3.63, 3.8) is 0 Å². The van der Waals surface area contributed by atoms with Crippen molar-refractivity contribution in [2.45, 2.75) is 38.2 Å². The Hall–Kier alpha value is -1.65. The maximum atomic E-state index is 13.0. The van der Waals surface area contributed by atoms with Gasteiger partial charge in [0, 0.05) is 31.0 Å². The fraction of sp³-hybridized carbons (Fsp3) is 0.500.